The van der Waals surface area contributed by atoms with Crippen molar-refractivity contribution in [1.82, 2.24) is 10.2 Å². The molecule has 0 saturated heterocycles. The number of hydrogen-bond donors (Lipinski definition) is 1. The third-order valence-electron chi connectivity index (χ3n) is 4.43. The zero-order valence-corrected chi connectivity index (χ0v) is 11.9. The topological polar surface area (TPSA) is 28.4 Å². The fourth-order valence-electron chi connectivity index (χ4n) is 3.42. The number of nitrogens with zero attached hydrogens (tertiary/aromatic N) is 1. The second-order valence-corrected chi connectivity index (χ2v) is 5.61. The van der Waals surface area contributed by atoms with Gasteiger partial charge in [0.25, 0.3) is 0 Å². The fourth-order valence-corrected chi connectivity index (χ4v) is 3.42. The van der Waals surface area contributed by atoms with Crippen LogP contribution >= 0.6 is 0 Å². The summed E-state index contributed by atoms with van der Waals surface area (Å²) < 4.78 is 5.30. The molecular weight excluding hydrogens is 224 g/mol. The lowest BCUT2D eigenvalue weighted by atomic mass is 9.73. The van der Waals surface area contributed by atoms with Crippen molar-refractivity contribution < 1.29 is 4.42 Å². The molecule has 1 atom stereocenters. The maximum absolute atomic E-state index is 5.30. The Hall–Kier alpha value is -0.800. The van der Waals surface area contributed by atoms with E-state index in [2.05, 4.69) is 37.3 Å². The average molecular weight is 250 g/mol. The zero-order chi connectivity index (χ0) is 13.0. The average Bonchev–Trinajstić information content (AvgIpc) is 2.90. The van der Waals surface area contributed by atoms with Gasteiger partial charge in [-0.05, 0) is 39.5 Å². The Kier molecular flexibility index (Phi) is 4.46. The number of furan rings is 1. The molecular formula is C15H26N2O. The molecule has 3 nitrogen and oxygen atoms in total. The van der Waals surface area contributed by atoms with E-state index in [1.54, 1.807) is 6.26 Å². The van der Waals surface area contributed by atoms with Crippen LogP contribution in [0.3, 0.4) is 0 Å². The van der Waals surface area contributed by atoms with Gasteiger partial charge in [0.2, 0.25) is 0 Å². The van der Waals surface area contributed by atoms with E-state index in [0.717, 1.165) is 6.54 Å². The number of likely N-dealkylation sites (N-methyl/N-ethyl adjacent to an activating group) is 2. The SMILES string of the molecule is CCNC(c1ccoc1)C1(N(C)C)CCCCC1. The van der Waals surface area contributed by atoms with Crippen LogP contribution in [0.5, 0.6) is 0 Å². The minimum absolute atomic E-state index is 0.234. The van der Waals surface area contributed by atoms with E-state index in [9.17, 15) is 0 Å². The normalized spacial score (nSPS) is 21.1. The summed E-state index contributed by atoms with van der Waals surface area (Å²) in [7, 11) is 4.44. The van der Waals surface area contributed by atoms with Gasteiger partial charge in [-0.25, -0.2) is 0 Å². The molecule has 1 unspecified atom stereocenters. The van der Waals surface area contributed by atoms with Crippen molar-refractivity contribution in [2.75, 3.05) is 20.6 Å². The van der Waals surface area contributed by atoms with Gasteiger partial charge in [0, 0.05) is 11.1 Å². The van der Waals surface area contributed by atoms with E-state index in [4.69, 9.17) is 4.42 Å². The van der Waals surface area contributed by atoms with Gasteiger partial charge in [0.1, 0.15) is 0 Å². The summed E-state index contributed by atoms with van der Waals surface area (Å²) in [4.78, 5) is 2.42. The van der Waals surface area contributed by atoms with Crippen molar-refractivity contribution in [2.24, 2.45) is 0 Å². The molecule has 0 aromatic carbocycles. The van der Waals surface area contributed by atoms with Gasteiger partial charge in [-0.15, -0.1) is 0 Å². The Morgan fingerprint density at radius 1 is 1.33 bits per heavy atom. The van der Waals surface area contributed by atoms with Crippen LogP contribution in [0.1, 0.15) is 50.6 Å². The van der Waals surface area contributed by atoms with Crippen LogP contribution < -0.4 is 5.32 Å². The second-order valence-electron chi connectivity index (χ2n) is 5.61. The van der Waals surface area contributed by atoms with E-state index in [1.807, 2.05) is 6.26 Å². The first kappa shape index (κ1) is 13.6. The third-order valence-corrected chi connectivity index (χ3v) is 4.43. The number of nitrogens with one attached hydrogen (secondary N) is 1. The molecule has 1 N–H and O–H groups in total. The van der Waals surface area contributed by atoms with Crippen LogP contribution in [0.15, 0.2) is 23.0 Å². The van der Waals surface area contributed by atoms with Gasteiger partial charge < -0.3 is 14.6 Å². The van der Waals surface area contributed by atoms with Crippen LogP contribution in [0.4, 0.5) is 0 Å². The molecule has 0 amide bonds. The van der Waals surface area contributed by atoms with Crippen LogP contribution in [0, 0.1) is 0 Å². The number of hydrogen-bond acceptors (Lipinski definition) is 3. The predicted molar refractivity (Wildman–Crippen MR) is 74.6 cm³/mol. The summed E-state index contributed by atoms with van der Waals surface area (Å²) in [5, 5.41) is 3.68. The summed E-state index contributed by atoms with van der Waals surface area (Å²) in [5.74, 6) is 0. The molecule has 18 heavy (non-hydrogen) atoms. The highest BCUT2D eigenvalue weighted by Gasteiger charge is 2.42. The first-order chi connectivity index (χ1) is 8.70. The molecule has 0 bridgehead atoms. The summed E-state index contributed by atoms with van der Waals surface area (Å²) in [6.45, 7) is 3.17. The maximum atomic E-state index is 5.30. The largest absolute Gasteiger partial charge is 0.472 e. The van der Waals surface area contributed by atoms with Gasteiger partial charge in [-0.2, -0.15) is 0 Å². The van der Waals surface area contributed by atoms with Gasteiger partial charge in [0.15, 0.2) is 0 Å². The molecule has 0 radical (unpaired) electrons. The maximum Gasteiger partial charge on any atom is 0.0951 e. The molecule has 1 aliphatic carbocycles. The Bertz CT molecular complexity index is 339. The number of rotatable bonds is 5. The van der Waals surface area contributed by atoms with E-state index in [0.29, 0.717) is 6.04 Å². The molecule has 1 aromatic rings. The lowest BCUT2D eigenvalue weighted by Gasteiger charge is -2.48. The molecule has 0 spiro atoms. The molecule has 1 heterocycles. The van der Waals surface area contributed by atoms with Crippen LogP contribution in [-0.2, 0) is 0 Å². The minimum atomic E-state index is 0.234. The lowest BCUT2D eigenvalue weighted by Crippen LogP contribution is -2.54. The third kappa shape index (κ3) is 2.47. The first-order valence-corrected chi connectivity index (χ1v) is 7.13. The van der Waals surface area contributed by atoms with Gasteiger partial charge in [-0.1, -0.05) is 26.2 Å². The van der Waals surface area contributed by atoms with Crippen molar-refractivity contribution in [3.8, 4) is 0 Å². The Morgan fingerprint density at radius 2 is 2.06 bits per heavy atom. The van der Waals surface area contributed by atoms with Crippen molar-refractivity contribution >= 4 is 0 Å². The van der Waals surface area contributed by atoms with E-state index >= 15 is 0 Å². The molecule has 1 aliphatic rings. The molecule has 0 aliphatic heterocycles. The Balaban J connectivity index is 2.30. The van der Waals surface area contributed by atoms with E-state index in [1.165, 1.54) is 37.7 Å². The van der Waals surface area contributed by atoms with Crippen molar-refractivity contribution in [1.29, 1.82) is 0 Å². The molecule has 1 saturated carbocycles. The summed E-state index contributed by atoms with van der Waals surface area (Å²) in [6.07, 6.45) is 10.3. The first-order valence-electron chi connectivity index (χ1n) is 7.13. The summed E-state index contributed by atoms with van der Waals surface area (Å²) in [6, 6.07) is 2.48. The van der Waals surface area contributed by atoms with Crippen LogP contribution in [-0.4, -0.2) is 31.1 Å². The molecule has 1 fully saturated rings. The fraction of sp³-hybridized carbons (Fsp3) is 0.733. The van der Waals surface area contributed by atoms with Gasteiger partial charge in [0.05, 0.1) is 18.6 Å². The summed E-state index contributed by atoms with van der Waals surface area (Å²) in [5.41, 5.74) is 1.52. The zero-order valence-electron chi connectivity index (χ0n) is 11.9. The highest BCUT2D eigenvalue weighted by atomic mass is 16.3. The van der Waals surface area contributed by atoms with E-state index in [-0.39, 0.29) is 5.54 Å². The summed E-state index contributed by atoms with van der Waals surface area (Å²) >= 11 is 0. The van der Waals surface area contributed by atoms with Gasteiger partial charge >= 0.3 is 0 Å². The highest BCUT2D eigenvalue weighted by molar-refractivity contribution is 5.19. The quantitative estimate of drug-likeness (QED) is 0.870. The van der Waals surface area contributed by atoms with Crippen molar-refractivity contribution in [2.45, 2.75) is 50.6 Å². The predicted octanol–water partition coefficient (Wildman–Crippen LogP) is 3.19. The standard InChI is InChI=1S/C15H26N2O/c1-4-16-14(13-8-11-18-12-13)15(17(2)3)9-6-5-7-10-15/h8,11-12,14,16H,4-7,9-10H2,1-3H3. The van der Waals surface area contributed by atoms with Gasteiger partial charge in [-0.3, -0.25) is 0 Å². The Labute approximate surface area is 111 Å². The second kappa shape index (κ2) is 5.89. The smallest absolute Gasteiger partial charge is 0.0951 e. The van der Waals surface area contributed by atoms with Crippen LogP contribution in [0.2, 0.25) is 0 Å². The van der Waals surface area contributed by atoms with Crippen molar-refractivity contribution in [3.05, 3.63) is 24.2 Å². The minimum Gasteiger partial charge on any atom is -0.472 e. The monoisotopic (exact) mass is 250 g/mol. The van der Waals surface area contributed by atoms with E-state index < -0.39 is 0 Å². The molecule has 1 aromatic heterocycles. The highest BCUT2D eigenvalue weighted by Crippen LogP contribution is 2.42. The molecule has 3 heteroatoms. The lowest BCUT2D eigenvalue weighted by molar-refractivity contribution is 0.0568. The van der Waals surface area contributed by atoms with Crippen LogP contribution in [0.25, 0.3) is 0 Å². The molecule has 102 valence electrons. The molecule has 2 rings (SSSR count). The Morgan fingerprint density at radius 3 is 2.56 bits per heavy atom. The van der Waals surface area contributed by atoms with Crippen molar-refractivity contribution in [3.63, 3.8) is 0 Å².